The molecule has 1 unspecified atom stereocenters. The monoisotopic (exact) mass is 187 g/mol. The first-order valence-electron chi connectivity index (χ1n) is 4.39. The van der Waals surface area contributed by atoms with Crippen LogP contribution in [0.5, 0.6) is 0 Å². The second kappa shape index (κ2) is 6.46. The van der Waals surface area contributed by atoms with Crippen LogP contribution >= 0.6 is 0 Å². The largest absolute Gasteiger partial charge is 0.467 e. The third kappa shape index (κ3) is 5.22. The summed E-state index contributed by atoms with van der Waals surface area (Å²) in [7, 11) is 1.32. The SMILES string of the molecule is COC(=O)C(CCC(C)C)NC=O. The molecule has 1 atom stereocenters. The topological polar surface area (TPSA) is 55.4 Å². The smallest absolute Gasteiger partial charge is 0.328 e. The highest BCUT2D eigenvalue weighted by molar-refractivity contribution is 5.77. The molecule has 0 aliphatic rings. The van der Waals surface area contributed by atoms with E-state index < -0.39 is 6.04 Å². The van der Waals surface area contributed by atoms with Gasteiger partial charge in [0, 0.05) is 0 Å². The first-order chi connectivity index (χ1) is 6.11. The molecule has 0 saturated heterocycles. The Morgan fingerprint density at radius 1 is 1.46 bits per heavy atom. The molecular formula is C9H17NO3. The molecule has 76 valence electrons. The van der Waals surface area contributed by atoms with Crippen LogP contribution in [0.25, 0.3) is 0 Å². The lowest BCUT2D eigenvalue weighted by atomic mass is 10.0. The minimum absolute atomic E-state index is 0.382. The van der Waals surface area contributed by atoms with Crippen molar-refractivity contribution in [3.8, 4) is 0 Å². The molecule has 13 heavy (non-hydrogen) atoms. The van der Waals surface area contributed by atoms with Gasteiger partial charge in [-0.05, 0) is 18.8 Å². The molecule has 1 N–H and O–H groups in total. The fourth-order valence-electron chi connectivity index (χ4n) is 0.994. The van der Waals surface area contributed by atoms with Crippen molar-refractivity contribution in [3.05, 3.63) is 0 Å². The van der Waals surface area contributed by atoms with E-state index in [-0.39, 0.29) is 5.97 Å². The number of nitrogens with one attached hydrogen (secondary N) is 1. The number of rotatable bonds is 6. The molecule has 0 heterocycles. The Bertz CT molecular complexity index is 168. The minimum Gasteiger partial charge on any atom is -0.467 e. The summed E-state index contributed by atoms with van der Waals surface area (Å²) in [5.41, 5.74) is 0. The number of amides is 1. The van der Waals surface area contributed by atoms with Crippen molar-refractivity contribution in [2.24, 2.45) is 5.92 Å². The van der Waals surface area contributed by atoms with Gasteiger partial charge in [-0.25, -0.2) is 4.79 Å². The quantitative estimate of drug-likeness (QED) is 0.492. The summed E-state index contributed by atoms with van der Waals surface area (Å²) in [4.78, 5) is 21.2. The number of methoxy groups -OCH3 is 1. The zero-order chi connectivity index (χ0) is 10.3. The number of carbonyl (C=O) groups is 2. The lowest BCUT2D eigenvalue weighted by Crippen LogP contribution is -2.36. The van der Waals surface area contributed by atoms with Crippen LogP contribution in [0, 0.1) is 5.92 Å². The Balaban J connectivity index is 3.93. The summed E-state index contributed by atoms with van der Waals surface area (Å²) in [6.07, 6.45) is 2.05. The zero-order valence-electron chi connectivity index (χ0n) is 8.37. The van der Waals surface area contributed by atoms with Crippen molar-refractivity contribution in [2.45, 2.75) is 32.7 Å². The van der Waals surface area contributed by atoms with Gasteiger partial charge in [0.15, 0.2) is 0 Å². The van der Waals surface area contributed by atoms with Gasteiger partial charge in [0.25, 0.3) is 0 Å². The van der Waals surface area contributed by atoms with Crippen molar-refractivity contribution in [1.82, 2.24) is 5.32 Å². The summed E-state index contributed by atoms with van der Waals surface area (Å²) >= 11 is 0. The Kier molecular flexibility index (Phi) is 5.93. The van der Waals surface area contributed by atoms with Crippen molar-refractivity contribution in [3.63, 3.8) is 0 Å². The summed E-state index contributed by atoms with van der Waals surface area (Å²) in [6.45, 7) is 4.13. The Hall–Kier alpha value is -1.06. The normalized spacial score (nSPS) is 12.3. The maximum absolute atomic E-state index is 11.1. The predicted octanol–water partition coefficient (Wildman–Crippen LogP) is 0.710. The van der Waals surface area contributed by atoms with Gasteiger partial charge in [-0.1, -0.05) is 13.8 Å². The molecule has 0 bridgehead atoms. The van der Waals surface area contributed by atoms with Gasteiger partial charge in [-0.15, -0.1) is 0 Å². The maximum Gasteiger partial charge on any atom is 0.328 e. The van der Waals surface area contributed by atoms with E-state index in [1.54, 1.807) is 0 Å². The summed E-state index contributed by atoms with van der Waals surface area (Å²) < 4.78 is 4.54. The van der Waals surface area contributed by atoms with E-state index >= 15 is 0 Å². The number of carbonyl (C=O) groups excluding carboxylic acids is 2. The van der Waals surface area contributed by atoms with E-state index in [0.29, 0.717) is 18.7 Å². The molecule has 0 spiro atoms. The molecular weight excluding hydrogens is 170 g/mol. The van der Waals surface area contributed by atoms with Gasteiger partial charge in [0.1, 0.15) is 6.04 Å². The van der Waals surface area contributed by atoms with E-state index in [1.165, 1.54) is 7.11 Å². The summed E-state index contributed by atoms with van der Waals surface area (Å²) in [6, 6.07) is -0.495. The van der Waals surface area contributed by atoms with Crippen molar-refractivity contribution in [2.75, 3.05) is 7.11 Å². The fourth-order valence-corrected chi connectivity index (χ4v) is 0.994. The van der Waals surface area contributed by atoms with Crippen LogP contribution < -0.4 is 5.32 Å². The molecule has 0 fully saturated rings. The first-order valence-corrected chi connectivity index (χ1v) is 4.39. The number of hydrogen-bond donors (Lipinski definition) is 1. The Labute approximate surface area is 78.6 Å². The highest BCUT2D eigenvalue weighted by Gasteiger charge is 2.17. The van der Waals surface area contributed by atoms with E-state index in [4.69, 9.17) is 0 Å². The van der Waals surface area contributed by atoms with Crippen LogP contribution in [-0.4, -0.2) is 25.5 Å². The summed E-state index contributed by atoms with van der Waals surface area (Å²) in [5, 5.41) is 2.43. The third-order valence-corrected chi connectivity index (χ3v) is 1.79. The van der Waals surface area contributed by atoms with Crippen LogP contribution in [0.15, 0.2) is 0 Å². The minimum atomic E-state index is -0.495. The second-order valence-corrected chi connectivity index (χ2v) is 3.33. The third-order valence-electron chi connectivity index (χ3n) is 1.79. The molecule has 4 nitrogen and oxygen atoms in total. The van der Waals surface area contributed by atoms with E-state index in [1.807, 2.05) is 0 Å². The Morgan fingerprint density at radius 2 is 2.08 bits per heavy atom. The van der Waals surface area contributed by atoms with Gasteiger partial charge < -0.3 is 10.1 Å². The average molecular weight is 187 g/mol. The van der Waals surface area contributed by atoms with Gasteiger partial charge in [0.2, 0.25) is 6.41 Å². The second-order valence-electron chi connectivity index (χ2n) is 3.33. The lowest BCUT2D eigenvalue weighted by molar-refractivity contribution is -0.144. The lowest BCUT2D eigenvalue weighted by Gasteiger charge is -2.14. The van der Waals surface area contributed by atoms with Crippen molar-refractivity contribution < 1.29 is 14.3 Å². The van der Waals surface area contributed by atoms with Gasteiger partial charge in [-0.2, -0.15) is 0 Å². The molecule has 0 aromatic rings. The molecule has 0 rings (SSSR count). The first kappa shape index (κ1) is 11.9. The molecule has 0 aliphatic heterocycles. The predicted molar refractivity (Wildman–Crippen MR) is 49.1 cm³/mol. The standard InChI is InChI=1S/C9H17NO3/c1-7(2)4-5-8(10-6-11)9(12)13-3/h6-8H,4-5H2,1-3H3,(H,10,11). The molecule has 0 radical (unpaired) electrons. The van der Waals surface area contributed by atoms with Crippen LogP contribution in [0.4, 0.5) is 0 Å². The average Bonchev–Trinajstić information content (AvgIpc) is 2.10. The molecule has 0 aromatic heterocycles. The highest BCUT2D eigenvalue weighted by Crippen LogP contribution is 2.07. The maximum atomic E-state index is 11.1. The van der Waals surface area contributed by atoms with Gasteiger partial charge in [0.05, 0.1) is 7.11 Å². The molecule has 0 saturated carbocycles. The zero-order valence-corrected chi connectivity index (χ0v) is 8.37. The summed E-state index contributed by atoms with van der Waals surface area (Å²) in [5.74, 6) is 0.133. The van der Waals surface area contributed by atoms with Crippen LogP contribution in [-0.2, 0) is 14.3 Å². The molecule has 4 heteroatoms. The van der Waals surface area contributed by atoms with Crippen molar-refractivity contribution >= 4 is 12.4 Å². The fraction of sp³-hybridized carbons (Fsp3) is 0.778. The van der Waals surface area contributed by atoms with E-state index in [2.05, 4.69) is 23.9 Å². The highest BCUT2D eigenvalue weighted by atomic mass is 16.5. The van der Waals surface area contributed by atoms with Crippen LogP contribution in [0.3, 0.4) is 0 Å². The molecule has 1 amide bonds. The number of hydrogen-bond acceptors (Lipinski definition) is 3. The van der Waals surface area contributed by atoms with Crippen LogP contribution in [0.2, 0.25) is 0 Å². The van der Waals surface area contributed by atoms with Gasteiger partial charge >= 0.3 is 5.97 Å². The van der Waals surface area contributed by atoms with Crippen molar-refractivity contribution in [1.29, 1.82) is 0 Å². The van der Waals surface area contributed by atoms with E-state index in [9.17, 15) is 9.59 Å². The molecule has 0 aromatic carbocycles. The number of ether oxygens (including phenoxy) is 1. The van der Waals surface area contributed by atoms with Crippen LogP contribution in [0.1, 0.15) is 26.7 Å². The molecule has 0 aliphatic carbocycles. The Morgan fingerprint density at radius 3 is 2.46 bits per heavy atom. The van der Waals surface area contributed by atoms with Gasteiger partial charge in [-0.3, -0.25) is 4.79 Å². The number of esters is 1. The van der Waals surface area contributed by atoms with E-state index in [0.717, 1.165) is 6.42 Å².